The Labute approximate surface area is 144 Å². The van der Waals surface area contributed by atoms with Crippen LogP contribution in [0.1, 0.15) is 21.5 Å². The van der Waals surface area contributed by atoms with Gasteiger partial charge in [0.2, 0.25) is 0 Å². The summed E-state index contributed by atoms with van der Waals surface area (Å²) in [5.41, 5.74) is 5.39. The molecule has 6 nitrogen and oxygen atoms in total. The number of carbonyl (C=O) groups is 1. The van der Waals surface area contributed by atoms with Crippen molar-refractivity contribution < 1.29 is 19.0 Å². The van der Waals surface area contributed by atoms with Gasteiger partial charge in [-0.2, -0.15) is 0 Å². The van der Waals surface area contributed by atoms with Crippen molar-refractivity contribution in [2.75, 3.05) is 20.8 Å². The number of benzene rings is 2. The van der Waals surface area contributed by atoms with Gasteiger partial charge in [-0.15, -0.1) is 0 Å². The molecule has 4 rings (SSSR count). The van der Waals surface area contributed by atoms with E-state index in [2.05, 4.69) is 22.1 Å². The van der Waals surface area contributed by atoms with Crippen molar-refractivity contribution >= 4 is 17.0 Å². The zero-order chi connectivity index (χ0) is 17.4. The standard InChI is InChI=1S/C19H18N2O4/c1-23-17-9-16-15(8-14(17)19(22)24-2)20-18(21-16)12-3-4-13-10-25-6-5-11(13)7-12/h3-4,7-9H,5-6,10H2,1-2H3,(H,20,21). The van der Waals surface area contributed by atoms with E-state index in [9.17, 15) is 4.79 Å². The average Bonchev–Trinajstić information content (AvgIpc) is 3.08. The molecule has 25 heavy (non-hydrogen) atoms. The molecular weight excluding hydrogens is 320 g/mol. The minimum atomic E-state index is -0.441. The SMILES string of the molecule is COC(=O)c1cc2[nH]c(-c3ccc4c(c3)CCOC4)nc2cc1OC. The summed E-state index contributed by atoms with van der Waals surface area (Å²) in [6.07, 6.45) is 0.906. The highest BCUT2D eigenvalue weighted by Crippen LogP contribution is 2.29. The third kappa shape index (κ3) is 2.74. The minimum absolute atomic E-state index is 0.371. The van der Waals surface area contributed by atoms with E-state index in [1.54, 1.807) is 12.1 Å². The monoisotopic (exact) mass is 338 g/mol. The van der Waals surface area contributed by atoms with Crippen LogP contribution in [-0.4, -0.2) is 36.8 Å². The lowest BCUT2D eigenvalue weighted by Crippen LogP contribution is -2.09. The number of nitrogens with one attached hydrogen (secondary N) is 1. The lowest BCUT2D eigenvalue weighted by atomic mass is 10.0. The number of rotatable bonds is 3. The van der Waals surface area contributed by atoms with Crippen LogP contribution in [0.2, 0.25) is 0 Å². The zero-order valence-electron chi connectivity index (χ0n) is 14.1. The van der Waals surface area contributed by atoms with Crippen molar-refractivity contribution in [3.63, 3.8) is 0 Å². The summed E-state index contributed by atoms with van der Waals surface area (Å²) in [4.78, 5) is 19.9. The first-order valence-electron chi connectivity index (χ1n) is 8.05. The van der Waals surface area contributed by atoms with Gasteiger partial charge < -0.3 is 19.2 Å². The zero-order valence-corrected chi connectivity index (χ0v) is 14.1. The van der Waals surface area contributed by atoms with Crippen LogP contribution < -0.4 is 4.74 Å². The Kier molecular flexibility index (Phi) is 3.89. The van der Waals surface area contributed by atoms with Crippen molar-refractivity contribution in [1.29, 1.82) is 0 Å². The third-order valence-electron chi connectivity index (χ3n) is 4.46. The summed E-state index contributed by atoms with van der Waals surface area (Å²) >= 11 is 0. The van der Waals surface area contributed by atoms with Crippen LogP contribution in [0.5, 0.6) is 5.75 Å². The van der Waals surface area contributed by atoms with Gasteiger partial charge in [-0.25, -0.2) is 9.78 Å². The van der Waals surface area contributed by atoms with E-state index in [-0.39, 0.29) is 0 Å². The smallest absolute Gasteiger partial charge is 0.341 e. The van der Waals surface area contributed by atoms with Gasteiger partial charge in [-0.05, 0) is 29.7 Å². The highest BCUT2D eigenvalue weighted by molar-refractivity contribution is 5.97. The molecule has 6 heteroatoms. The number of hydrogen-bond donors (Lipinski definition) is 1. The molecule has 0 fully saturated rings. The number of ether oxygens (including phenoxy) is 3. The molecule has 0 atom stereocenters. The first kappa shape index (κ1) is 15.7. The van der Waals surface area contributed by atoms with Gasteiger partial charge in [0.05, 0.1) is 38.5 Å². The number of aromatic nitrogens is 2. The summed E-state index contributed by atoms with van der Waals surface area (Å²) in [7, 11) is 2.87. The van der Waals surface area contributed by atoms with Crippen LogP contribution in [0.15, 0.2) is 30.3 Å². The fraction of sp³-hybridized carbons (Fsp3) is 0.263. The maximum absolute atomic E-state index is 11.9. The van der Waals surface area contributed by atoms with Crippen molar-refractivity contribution in [1.82, 2.24) is 9.97 Å². The number of carbonyl (C=O) groups excluding carboxylic acids is 1. The molecule has 0 saturated heterocycles. The van der Waals surface area contributed by atoms with Gasteiger partial charge >= 0.3 is 5.97 Å². The topological polar surface area (TPSA) is 73.4 Å². The first-order chi connectivity index (χ1) is 12.2. The van der Waals surface area contributed by atoms with E-state index in [1.165, 1.54) is 25.3 Å². The van der Waals surface area contributed by atoms with Crippen LogP contribution in [0.25, 0.3) is 22.4 Å². The van der Waals surface area contributed by atoms with Crippen molar-refractivity contribution in [2.45, 2.75) is 13.0 Å². The number of nitrogens with zero attached hydrogens (tertiary/aromatic N) is 1. The summed E-state index contributed by atoms with van der Waals surface area (Å²) < 4.78 is 15.6. The molecule has 0 saturated carbocycles. The van der Waals surface area contributed by atoms with Crippen LogP contribution in [0, 0.1) is 0 Å². The van der Waals surface area contributed by atoms with Gasteiger partial charge in [0.15, 0.2) is 0 Å². The Hall–Kier alpha value is -2.86. The molecule has 1 aliphatic rings. The molecule has 2 aromatic carbocycles. The fourth-order valence-corrected chi connectivity index (χ4v) is 3.12. The quantitative estimate of drug-likeness (QED) is 0.743. The van der Waals surface area contributed by atoms with Crippen molar-refractivity contribution in [2.24, 2.45) is 0 Å². The van der Waals surface area contributed by atoms with Gasteiger partial charge in [-0.1, -0.05) is 12.1 Å². The van der Waals surface area contributed by atoms with Gasteiger partial charge in [0, 0.05) is 11.6 Å². The number of fused-ring (bicyclic) bond motifs is 2. The first-order valence-corrected chi connectivity index (χ1v) is 8.05. The fourth-order valence-electron chi connectivity index (χ4n) is 3.12. The molecule has 0 spiro atoms. The second-order valence-electron chi connectivity index (χ2n) is 5.93. The molecule has 2 heterocycles. The summed E-state index contributed by atoms with van der Waals surface area (Å²) in [5, 5.41) is 0. The van der Waals surface area contributed by atoms with E-state index < -0.39 is 5.97 Å². The maximum Gasteiger partial charge on any atom is 0.341 e. The van der Waals surface area contributed by atoms with Crippen molar-refractivity contribution in [3.8, 4) is 17.1 Å². The number of hydrogen-bond acceptors (Lipinski definition) is 5. The number of H-pyrrole nitrogens is 1. The summed E-state index contributed by atoms with van der Waals surface area (Å²) in [5.74, 6) is 0.761. The van der Waals surface area contributed by atoms with Crippen molar-refractivity contribution in [3.05, 3.63) is 47.0 Å². The van der Waals surface area contributed by atoms with E-state index in [1.807, 2.05) is 6.07 Å². The average molecular weight is 338 g/mol. The predicted octanol–water partition coefficient (Wildman–Crippen LogP) is 3.10. The van der Waals surface area contributed by atoms with Crippen LogP contribution in [-0.2, 0) is 22.5 Å². The Morgan fingerprint density at radius 2 is 2.08 bits per heavy atom. The molecule has 128 valence electrons. The molecule has 1 aliphatic heterocycles. The van der Waals surface area contributed by atoms with Gasteiger partial charge in [0.25, 0.3) is 0 Å². The molecule has 0 bridgehead atoms. The minimum Gasteiger partial charge on any atom is -0.496 e. The lowest BCUT2D eigenvalue weighted by molar-refractivity contribution is 0.0597. The molecule has 0 radical (unpaired) electrons. The largest absolute Gasteiger partial charge is 0.496 e. The Morgan fingerprint density at radius 3 is 2.88 bits per heavy atom. The molecule has 0 aliphatic carbocycles. The third-order valence-corrected chi connectivity index (χ3v) is 4.46. The summed E-state index contributed by atoms with van der Waals surface area (Å²) in [6, 6.07) is 9.71. The Balaban J connectivity index is 1.80. The second-order valence-corrected chi connectivity index (χ2v) is 5.93. The Bertz CT molecular complexity index is 961. The predicted molar refractivity (Wildman–Crippen MR) is 92.8 cm³/mol. The Morgan fingerprint density at radius 1 is 1.20 bits per heavy atom. The van der Waals surface area contributed by atoms with E-state index in [4.69, 9.17) is 14.2 Å². The van der Waals surface area contributed by atoms with Crippen LogP contribution in [0.4, 0.5) is 0 Å². The van der Waals surface area contributed by atoms with Crippen LogP contribution in [0.3, 0.4) is 0 Å². The number of imidazole rings is 1. The molecule has 0 amide bonds. The molecule has 1 aromatic heterocycles. The van der Waals surface area contributed by atoms with Gasteiger partial charge in [-0.3, -0.25) is 0 Å². The number of esters is 1. The highest BCUT2D eigenvalue weighted by atomic mass is 16.5. The number of methoxy groups -OCH3 is 2. The molecule has 0 unspecified atom stereocenters. The van der Waals surface area contributed by atoms with E-state index in [0.717, 1.165) is 35.4 Å². The normalized spacial score (nSPS) is 13.5. The summed E-state index contributed by atoms with van der Waals surface area (Å²) in [6.45, 7) is 1.41. The number of aromatic amines is 1. The maximum atomic E-state index is 11.9. The lowest BCUT2D eigenvalue weighted by Gasteiger charge is -2.16. The van der Waals surface area contributed by atoms with Gasteiger partial charge in [0.1, 0.15) is 17.1 Å². The highest BCUT2D eigenvalue weighted by Gasteiger charge is 2.17. The van der Waals surface area contributed by atoms with E-state index in [0.29, 0.717) is 17.9 Å². The second kappa shape index (κ2) is 6.22. The van der Waals surface area contributed by atoms with Crippen LogP contribution >= 0.6 is 0 Å². The van der Waals surface area contributed by atoms with E-state index >= 15 is 0 Å². The molecule has 1 N–H and O–H groups in total. The molecule has 3 aromatic rings. The molecular formula is C19H18N2O4.